The first-order valence-corrected chi connectivity index (χ1v) is 18.9. The second kappa shape index (κ2) is 13.8. The number of unbranched alkanes of at least 4 members (excludes halogenated alkanes) is 3. The number of hydrogen-bond acceptors (Lipinski definition) is 3. The Hall–Kier alpha value is -0.326. The molecule has 0 unspecified atom stereocenters. The van der Waals surface area contributed by atoms with Gasteiger partial charge in [-0.2, -0.15) is 0 Å². The molecule has 0 aliphatic carbocycles. The van der Waals surface area contributed by atoms with Crippen molar-refractivity contribution in [3.05, 3.63) is 36.1 Å². The zero-order chi connectivity index (χ0) is 21.0. The van der Waals surface area contributed by atoms with Crippen molar-refractivity contribution in [2.75, 3.05) is 28.2 Å². The molecule has 28 heavy (non-hydrogen) atoms. The standard InChI is InChI=1S/C11H17BN3.3C4H9.Sn/c1-14(2)12(15(3)4)9-8-11-7-5-6-10-13-11;3*1-3-4-2;/h5-7,9-10H,1-4H3;3*1,3-4H2,2H3;. The van der Waals surface area contributed by atoms with Gasteiger partial charge in [0, 0.05) is 0 Å². The minimum atomic E-state index is -2.59. The number of rotatable bonds is 14. The van der Waals surface area contributed by atoms with Crippen LogP contribution in [0.5, 0.6) is 0 Å². The number of aromatic nitrogens is 1. The Balaban J connectivity index is 3.58. The van der Waals surface area contributed by atoms with E-state index in [-0.39, 0.29) is 0 Å². The molecule has 0 aromatic carbocycles. The molecule has 0 atom stereocenters. The van der Waals surface area contributed by atoms with E-state index in [1.165, 1.54) is 57.5 Å². The number of nitrogens with zero attached hydrogens (tertiary/aromatic N) is 3. The Labute approximate surface area is 180 Å². The molecule has 1 heterocycles. The maximum absolute atomic E-state index is 4.89. The van der Waals surface area contributed by atoms with Crippen molar-refractivity contribution in [1.82, 2.24) is 14.6 Å². The molecule has 3 nitrogen and oxygen atoms in total. The van der Waals surface area contributed by atoms with E-state index in [0.29, 0.717) is 6.98 Å². The Morgan fingerprint density at radius 2 is 1.39 bits per heavy atom. The van der Waals surface area contributed by atoms with Crippen LogP contribution in [0.4, 0.5) is 0 Å². The fraction of sp³-hybridized carbons (Fsp3) is 0.696. The maximum atomic E-state index is 4.89. The molecule has 1 rings (SSSR count). The van der Waals surface area contributed by atoms with Gasteiger partial charge < -0.3 is 0 Å². The summed E-state index contributed by atoms with van der Waals surface area (Å²) in [6, 6.07) is 6.49. The van der Waals surface area contributed by atoms with Gasteiger partial charge in [0.1, 0.15) is 0 Å². The van der Waals surface area contributed by atoms with Crippen LogP contribution in [0.25, 0.3) is 3.59 Å². The van der Waals surface area contributed by atoms with Gasteiger partial charge in [-0.3, -0.25) is 0 Å². The molecule has 1 aromatic rings. The Morgan fingerprint density at radius 3 is 1.75 bits per heavy atom. The van der Waals surface area contributed by atoms with Crippen LogP contribution in [0.2, 0.25) is 13.3 Å². The first-order chi connectivity index (χ1) is 13.4. The van der Waals surface area contributed by atoms with E-state index >= 15 is 0 Å². The number of pyridine rings is 1. The van der Waals surface area contributed by atoms with Crippen molar-refractivity contribution in [1.29, 1.82) is 0 Å². The van der Waals surface area contributed by atoms with Crippen LogP contribution in [-0.4, -0.2) is 68.2 Å². The van der Waals surface area contributed by atoms with Gasteiger partial charge in [0.15, 0.2) is 0 Å². The first-order valence-electron chi connectivity index (χ1n) is 11.4. The predicted octanol–water partition coefficient (Wildman–Crippen LogP) is 6.00. The average molecular weight is 492 g/mol. The Kier molecular flexibility index (Phi) is 12.7. The molecule has 0 spiro atoms. The summed E-state index contributed by atoms with van der Waals surface area (Å²) in [6.45, 7) is 7.37. The van der Waals surface area contributed by atoms with Gasteiger partial charge in [-0.25, -0.2) is 0 Å². The summed E-state index contributed by atoms with van der Waals surface area (Å²) in [5, 5.41) is 0. The van der Waals surface area contributed by atoms with E-state index in [4.69, 9.17) is 4.98 Å². The molecule has 0 bridgehead atoms. The normalized spacial score (nSPS) is 12.8. The van der Waals surface area contributed by atoms with E-state index in [0.717, 1.165) is 0 Å². The summed E-state index contributed by atoms with van der Waals surface area (Å²) in [6.07, 6.45) is 10.0. The molecular weight excluding hydrogens is 448 g/mol. The third-order valence-electron chi connectivity index (χ3n) is 5.91. The SMILES string of the molecule is CCC[CH2][Sn]([CH2]CCC)([CH2]CCC)/[C](=C\B(N(C)C)N(C)C)c1ccccn1. The molecule has 5 heteroatoms. The van der Waals surface area contributed by atoms with Crippen molar-refractivity contribution in [2.45, 2.75) is 72.6 Å². The molecule has 158 valence electrons. The van der Waals surface area contributed by atoms with Crippen LogP contribution in [0, 0.1) is 0 Å². The molecule has 0 fully saturated rings. The second-order valence-corrected chi connectivity index (χ2v) is 21.9. The van der Waals surface area contributed by atoms with Crippen LogP contribution in [-0.2, 0) is 0 Å². The molecule has 0 saturated heterocycles. The van der Waals surface area contributed by atoms with Crippen molar-refractivity contribution in [3.63, 3.8) is 0 Å². The second-order valence-electron chi connectivity index (χ2n) is 8.73. The molecule has 1 aromatic heterocycles. The summed E-state index contributed by atoms with van der Waals surface area (Å²) in [5.41, 5.74) is 1.26. The van der Waals surface area contributed by atoms with Gasteiger partial charge in [0.25, 0.3) is 0 Å². The van der Waals surface area contributed by atoms with Crippen molar-refractivity contribution in [2.24, 2.45) is 0 Å². The van der Waals surface area contributed by atoms with Gasteiger partial charge in [-0.15, -0.1) is 0 Å². The molecule has 0 aliphatic rings. The fourth-order valence-corrected chi connectivity index (χ4v) is 21.0. The quantitative estimate of drug-likeness (QED) is 0.297. The Bertz CT molecular complexity index is 530. The Morgan fingerprint density at radius 1 is 0.893 bits per heavy atom. The van der Waals surface area contributed by atoms with E-state index in [1.807, 2.05) is 6.20 Å². The van der Waals surface area contributed by atoms with Crippen LogP contribution in [0.1, 0.15) is 65.0 Å². The molecule has 0 N–H and O–H groups in total. The summed E-state index contributed by atoms with van der Waals surface area (Å²) in [5.74, 6) is 2.60. The van der Waals surface area contributed by atoms with Crippen molar-refractivity contribution < 1.29 is 0 Å². The summed E-state index contributed by atoms with van der Waals surface area (Å²) >= 11 is -2.59. The third-order valence-corrected chi connectivity index (χ3v) is 21.6. The molecule has 0 amide bonds. The van der Waals surface area contributed by atoms with E-state index in [1.54, 1.807) is 3.59 Å². The van der Waals surface area contributed by atoms with Gasteiger partial charge in [0.2, 0.25) is 0 Å². The average Bonchev–Trinajstić information content (AvgIpc) is 2.69. The van der Waals surface area contributed by atoms with E-state index < -0.39 is 18.4 Å². The van der Waals surface area contributed by atoms with Crippen LogP contribution < -0.4 is 0 Å². The van der Waals surface area contributed by atoms with Crippen molar-refractivity contribution >= 4 is 28.9 Å². The molecule has 0 radical (unpaired) electrons. The third kappa shape index (κ3) is 7.83. The monoisotopic (exact) mass is 493 g/mol. The van der Waals surface area contributed by atoms with Crippen LogP contribution >= 0.6 is 0 Å². The summed E-state index contributed by atoms with van der Waals surface area (Å²) in [7, 11) is 8.77. The fourth-order valence-electron chi connectivity index (χ4n) is 4.29. The topological polar surface area (TPSA) is 19.4 Å². The van der Waals surface area contributed by atoms with Crippen molar-refractivity contribution in [3.8, 4) is 0 Å². The zero-order valence-electron chi connectivity index (χ0n) is 19.7. The predicted molar refractivity (Wildman–Crippen MR) is 130 cm³/mol. The van der Waals surface area contributed by atoms with Gasteiger partial charge in [-0.05, 0) is 0 Å². The molecular formula is C23H44BN3Sn. The van der Waals surface area contributed by atoms with Gasteiger partial charge in [0.05, 0.1) is 0 Å². The van der Waals surface area contributed by atoms with E-state index in [2.05, 4.69) is 82.8 Å². The molecule has 0 aliphatic heterocycles. The zero-order valence-corrected chi connectivity index (χ0v) is 22.5. The first kappa shape index (κ1) is 25.7. The summed E-state index contributed by atoms with van der Waals surface area (Å²) < 4.78 is 6.10. The minimum absolute atomic E-state index is 0.318. The van der Waals surface area contributed by atoms with Gasteiger partial charge in [-0.1, -0.05) is 0 Å². The van der Waals surface area contributed by atoms with E-state index in [9.17, 15) is 0 Å². The van der Waals surface area contributed by atoms with Crippen LogP contribution in [0.15, 0.2) is 30.4 Å². The summed E-state index contributed by atoms with van der Waals surface area (Å²) in [4.78, 5) is 9.55. The van der Waals surface area contributed by atoms with Crippen LogP contribution in [0.3, 0.4) is 0 Å². The molecule has 0 saturated carbocycles. The van der Waals surface area contributed by atoms with Gasteiger partial charge >= 0.3 is 180 Å². The number of hydrogen-bond donors (Lipinski definition) is 0.